The number of nitrogens with one attached hydrogen (secondary N) is 1. The zero-order chi connectivity index (χ0) is 15.5. The number of carbonyl (C=O) groups is 1. The minimum absolute atomic E-state index is 0.170. The summed E-state index contributed by atoms with van der Waals surface area (Å²) >= 11 is 0. The summed E-state index contributed by atoms with van der Waals surface area (Å²) in [5, 5.41) is 27.6. The number of carboxylic acids is 1. The fourth-order valence-electron chi connectivity index (χ4n) is 1.31. The van der Waals surface area contributed by atoms with Crippen LogP contribution in [0.4, 0.5) is 0 Å². The number of hydrogen-bond acceptors (Lipinski definition) is 6. The van der Waals surface area contributed by atoms with Gasteiger partial charge in [-0.05, 0) is 19.9 Å². The summed E-state index contributed by atoms with van der Waals surface area (Å²) in [6, 6.07) is 1.55. The number of aromatic amines is 1. The normalized spacial score (nSPS) is 10.6. The topological polar surface area (TPSA) is 121 Å². The number of nitrogens with zero attached hydrogens (tertiary/aromatic N) is 3. The van der Waals surface area contributed by atoms with Crippen molar-refractivity contribution < 1.29 is 19.7 Å². The largest absolute Gasteiger partial charge is 0.476 e. The van der Waals surface area contributed by atoms with Crippen molar-refractivity contribution in [3.05, 3.63) is 29.7 Å². The summed E-state index contributed by atoms with van der Waals surface area (Å²) in [6.07, 6.45) is 2.88. The van der Waals surface area contributed by atoms with Crippen LogP contribution in [0.3, 0.4) is 0 Å². The molecule has 0 bridgehead atoms. The van der Waals surface area contributed by atoms with Crippen molar-refractivity contribution >= 4 is 5.97 Å². The molecule has 0 aliphatic carbocycles. The first-order valence-electron chi connectivity index (χ1n) is 5.88. The lowest BCUT2D eigenvalue weighted by Gasteiger charge is -2.06. The van der Waals surface area contributed by atoms with E-state index >= 15 is 0 Å². The van der Waals surface area contributed by atoms with E-state index in [9.17, 15) is 9.90 Å². The molecule has 0 spiro atoms. The second kappa shape index (κ2) is 5.60. The van der Waals surface area contributed by atoms with Gasteiger partial charge in [0, 0.05) is 11.8 Å². The Balaban J connectivity index is 2.23. The van der Waals surface area contributed by atoms with E-state index < -0.39 is 11.6 Å². The molecule has 2 aromatic rings. The Morgan fingerprint density at radius 2 is 2.19 bits per heavy atom. The summed E-state index contributed by atoms with van der Waals surface area (Å²) in [5.74, 6) is 4.23. The molecule has 108 valence electrons. The van der Waals surface area contributed by atoms with Crippen LogP contribution in [0, 0.1) is 11.8 Å². The van der Waals surface area contributed by atoms with Gasteiger partial charge in [0.1, 0.15) is 11.4 Å². The molecular formula is C13H12N4O4. The second-order valence-electron chi connectivity index (χ2n) is 4.62. The first-order valence-corrected chi connectivity index (χ1v) is 5.88. The number of pyridine rings is 1. The predicted octanol–water partition coefficient (Wildman–Crippen LogP) is 0.813. The van der Waals surface area contributed by atoms with Gasteiger partial charge in [0.15, 0.2) is 0 Å². The second-order valence-corrected chi connectivity index (χ2v) is 4.62. The molecule has 0 atom stereocenters. The lowest BCUT2D eigenvalue weighted by Crippen LogP contribution is -2.14. The van der Waals surface area contributed by atoms with Crippen LogP contribution in [-0.2, 0) is 0 Å². The third kappa shape index (κ3) is 4.02. The molecule has 0 radical (unpaired) electrons. The quantitative estimate of drug-likeness (QED) is 0.714. The van der Waals surface area contributed by atoms with Crippen molar-refractivity contribution in [3.63, 3.8) is 0 Å². The Bertz CT molecular complexity index is 722. The van der Waals surface area contributed by atoms with Gasteiger partial charge in [-0.15, -0.1) is 0 Å². The van der Waals surface area contributed by atoms with Gasteiger partial charge in [0.2, 0.25) is 5.69 Å². The van der Waals surface area contributed by atoms with Crippen LogP contribution in [0.1, 0.15) is 29.9 Å². The fraction of sp³-hybridized carbons (Fsp3) is 0.231. The molecule has 2 heterocycles. The first-order chi connectivity index (χ1) is 9.85. The Morgan fingerprint density at radius 3 is 2.86 bits per heavy atom. The molecule has 21 heavy (non-hydrogen) atoms. The van der Waals surface area contributed by atoms with Gasteiger partial charge < -0.3 is 14.9 Å². The smallest absolute Gasteiger partial charge is 0.359 e. The molecule has 3 N–H and O–H groups in total. The average Bonchev–Trinajstić information content (AvgIpc) is 2.84. The van der Waals surface area contributed by atoms with Crippen LogP contribution in [0.15, 0.2) is 18.5 Å². The van der Waals surface area contributed by atoms with Gasteiger partial charge in [-0.25, -0.2) is 9.89 Å². The molecule has 0 unspecified atom stereocenters. The van der Waals surface area contributed by atoms with Crippen molar-refractivity contribution in [1.82, 2.24) is 20.4 Å². The average molecular weight is 288 g/mol. The van der Waals surface area contributed by atoms with Crippen LogP contribution < -0.4 is 4.74 Å². The van der Waals surface area contributed by atoms with Crippen LogP contribution >= 0.6 is 0 Å². The zero-order valence-corrected chi connectivity index (χ0v) is 11.3. The highest BCUT2D eigenvalue weighted by molar-refractivity contribution is 5.87. The van der Waals surface area contributed by atoms with Crippen LogP contribution in [0.25, 0.3) is 0 Å². The Kier molecular flexibility index (Phi) is 3.86. The number of rotatable bonds is 3. The highest BCUT2D eigenvalue weighted by Gasteiger charge is 2.16. The van der Waals surface area contributed by atoms with Crippen LogP contribution in [0.2, 0.25) is 0 Å². The maximum Gasteiger partial charge on any atom is 0.359 e. The van der Waals surface area contributed by atoms with Gasteiger partial charge in [-0.2, -0.15) is 0 Å². The van der Waals surface area contributed by atoms with E-state index in [1.165, 1.54) is 12.4 Å². The molecule has 0 aromatic carbocycles. The Labute approximate surface area is 119 Å². The van der Waals surface area contributed by atoms with E-state index in [1.54, 1.807) is 19.9 Å². The molecular weight excluding hydrogens is 276 g/mol. The molecule has 2 aromatic heterocycles. The standard InChI is InChI=1S/C13H12N4O4/c1-13(2,20)4-3-8-5-9(7-14-6-8)21-11-10(12(18)19)15-17-16-11/h5-7,20H,1-2H3,(H,18,19)(H,15,16,17). The van der Waals surface area contributed by atoms with Crippen molar-refractivity contribution in [2.75, 3.05) is 0 Å². The van der Waals surface area contributed by atoms with Gasteiger partial charge in [0.25, 0.3) is 5.88 Å². The van der Waals surface area contributed by atoms with E-state index in [0.29, 0.717) is 5.56 Å². The van der Waals surface area contributed by atoms with E-state index in [2.05, 4.69) is 32.2 Å². The molecule has 0 aliphatic heterocycles. The summed E-state index contributed by atoms with van der Waals surface area (Å²) in [7, 11) is 0. The number of ether oxygens (including phenoxy) is 1. The minimum Gasteiger partial charge on any atom is -0.476 e. The monoisotopic (exact) mass is 288 g/mol. The molecule has 8 heteroatoms. The van der Waals surface area contributed by atoms with Crippen molar-refractivity contribution in [3.8, 4) is 23.5 Å². The summed E-state index contributed by atoms with van der Waals surface area (Å²) in [6.45, 7) is 3.12. The number of hydrogen-bond donors (Lipinski definition) is 3. The van der Waals surface area contributed by atoms with Gasteiger partial charge in [0.05, 0.1) is 6.20 Å². The molecule has 0 saturated heterocycles. The highest BCUT2D eigenvalue weighted by Crippen LogP contribution is 2.21. The molecule has 8 nitrogen and oxygen atoms in total. The zero-order valence-electron chi connectivity index (χ0n) is 11.3. The predicted molar refractivity (Wildman–Crippen MR) is 70.8 cm³/mol. The SMILES string of the molecule is CC(C)(O)C#Cc1cncc(Oc2nn[nH]c2C(=O)O)c1. The summed E-state index contributed by atoms with van der Waals surface area (Å²) < 4.78 is 5.30. The Morgan fingerprint density at radius 1 is 1.43 bits per heavy atom. The molecule has 0 saturated carbocycles. The number of carboxylic acid groups (broad SMARTS) is 1. The molecule has 0 amide bonds. The molecule has 0 aliphatic rings. The van der Waals surface area contributed by atoms with Gasteiger partial charge in [-0.3, -0.25) is 4.98 Å². The molecule has 2 rings (SSSR count). The summed E-state index contributed by atoms with van der Waals surface area (Å²) in [4.78, 5) is 14.8. The number of aromatic carboxylic acids is 1. The van der Waals surface area contributed by atoms with E-state index in [0.717, 1.165) is 0 Å². The lowest BCUT2D eigenvalue weighted by molar-refractivity contribution is 0.0687. The minimum atomic E-state index is -1.24. The van der Waals surface area contributed by atoms with E-state index in [-0.39, 0.29) is 17.3 Å². The maximum absolute atomic E-state index is 10.9. The van der Waals surface area contributed by atoms with E-state index in [4.69, 9.17) is 9.84 Å². The first kappa shape index (κ1) is 14.5. The van der Waals surface area contributed by atoms with Crippen molar-refractivity contribution in [2.45, 2.75) is 19.4 Å². The van der Waals surface area contributed by atoms with Crippen molar-refractivity contribution in [1.29, 1.82) is 0 Å². The summed E-state index contributed by atoms with van der Waals surface area (Å²) in [5.41, 5.74) is -0.877. The maximum atomic E-state index is 10.9. The van der Waals surface area contributed by atoms with Gasteiger partial charge >= 0.3 is 5.97 Å². The number of aromatic nitrogens is 4. The van der Waals surface area contributed by atoms with E-state index in [1.807, 2.05) is 0 Å². The Hall–Kier alpha value is -2.92. The lowest BCUT2D eigenvalue weighted by atomic mass is 10.1. The highest BCUT2D eigenvalue weighted by atomic mass is 16.5. The molecule has 0 fully saturated rings. The van der Waals surface area contributed by atoms with Crippen LogP contribution in [0.5, 0.6) is 11.6 Å². The fourth-order valence-corrected chi connectivity index (χ4v) is 1.31. The van der Waals surface area contributed by atoms with Gasteiger partial charge in [-0.1, -0.05) is 22.2 Å². The third-order valence-corrected chi connectivity index (χ3v) is 2.17. The number of H-pyrrole nitrogens is 1. The number of aliphatic hydroxyl groups is 1. The van der Waals surface area contributed by atoms with Crippen molar-refractivity contribution in [2.24, 2.45) is 0 Å². The van der Waals surface area contributed by atoms with Crippen LogP contribution in [-0.4, -0.2) is 42.2 Å². The third-order valence-electron chi connectivity index (χ3n) is 2.17.